The summed E-state index contributed by atoms with van der Waals surface area (Å²) in [5.41, 5.74) is 2.94. The number of benzene rings is 1. The van der Waals surface area contributed by atoms with Crippen molar-refractivity contribution in [2.45, 2.75) is 19.0 Å². The number of hydrogen-bond acceptors (Lipinski definition) is 3. The third kappa shape index (κ3) is 2.32. The van der Waals surface area contributed by atoms with E-state index in [1.165, 1.54) is 0 Å². The van der Waals surface area contributed by atoms with Crippen molar-refractivity contribution >= 4 is 5.97 Å². The monoisotopic (exact) mass is 271 g/mol. The molecular weight excluding hydrogens is 254 g/mol. The predicted molar refractivity (Wildman–Crippen MR) is 74.1 cm³/mol. The predicted octanol–water partition coefficient (Wildman–Crippen LogP) is 1.60. The molecule has 1 aliphatic rings. The second-order valence-corrected chi connectivity index (χ2v) is 5.14. The summed E-state index contributed by atoms with van der Waals surface area (Å²) >= 11 is 0. The first-order valence-electron chi connectivity index (χ1n) is 6.68. The lowest BCUT2D eigenvalue weighted by Gasteiger charge is -2.34. The Balaban J connectivity index is 1.90. The summed E-state index contributed by atoms with van der Waals surface area (Å²) in [5, 5.41) is 13.9. The topological polar surface area (TPSA) is 58.4 Å². The van der Waals surface area contributed by atoms with Crippen LogP contribution in [-0.2, 0) is 24.8 Å². The maximum absolute atomic E-state index is 11.7. The molecular formula is C15H17N3O2. The van der Waals surface area contributed by atoms with Crippen LogP contribution in [0.5, 0.6) is 0 Å². The van der Waals surface area contributed by atoms with Crippen molar-refractivity contribution in [1.29, 1.82) is 0 Å². The van der Waals surface area contributed by atoms with E-state index < -0.39 is 12.0 Å². The number of carbonyl (C=O) groups is 1. The van der Waals surface area contributed by atoms with Crippen molar-refractivity contribution in [3.8, 4) is 0 Å². The van der Waals surface area contributed by atoms with Gasteiger partial charge in [0, 0.05) is 26.3 Å². The number of nitrogens with zero attached hydrogens (tertiary/aromatic N) is 3. The Morgan fingerprint density at radius 1 is 1.40 bits per heavy atom. The van der Waals surface area contributed by atoms with Gasteiger partial charge in [-0.1, -0.05) is 24.3 Å². The number of aliphatic carboxylic acids is 1. The van der Waals surface area contributed by atoms with Crippen LogP contribution in [-0.4, -0.2) is 32.3 Å². The zero-order valence-electron chi connectivity index (χ0n) is 11.4. The average Bonchev–Trinajstić information content (AvgIpc) is 2.83. The molecule has 1 aromatic heterocycles. The van der Waals surface area contributed by atoms with Crippen LogP contribution in [0.25, 0.3) is 0 Å². The van der Waals surface area contributed by atoms with E-state index in [0.29, 0.717) is 6.54 Å². The second-order valence-electron chi connectivity index (χ2n) is 5.14. The molecule has 2 heterocycles. The summed E-state index contributed by atoms with van der Waals surface area (Å²) in [4.78, 5) is 13.6. The highest BCUT2D eigenvalue weighted by molar-refractivity contribution is 5.76. The summed E-state index contributed by atoms with van der Waals surface area (Å²) in [7, 11) is 1.86. The molecule has 0 amide bonds. The van der Waals surface area contributed by atoms with E-state index in [0.717, 1.165) is 29.8 Å². The fourth-order valence-corrected chi connectivity index (χ4v) is 2.83. The summed E-state index contributed by atoms with van der Waals surface area (Å²) in [6, 6.07) is 9.15. The second kappa shape index (κ2) is 5.09. The first-order chi connectivity index (χ1) is 9.65. The first-order valence-corrected chi connectivity index (χ1v) is 6.68. The summed E-state index contributed by atoms with van der Waals surface area (Å²) < 4.78 is 1.74. The van der Waals surface area contributed by atoms with E-state index >= 15 is 0 Å². The molecule has 5 nitrogen and oxygen atoms in total. The lowest BCUT2D eigenvalue weighted by molar-refractivity contribution is -0.144. The number of hydrogen-bond donors (Lipinski definition) is 1. The van der Waals surface area contributed by atoms with Gasteiger partial charge in [-0.25, -0.2) is 0 Å². The molecule has 0 bridgehead atoms. The molecule has 5 heteroatoms. The molecule has 1 aromatic carbocycles. The van der Waals surface area contributed by atoms with Gasteiger partial charge in [-0.2, -0.15) is 5.10 Å². The first kappa shape index (κ1) is 12.9. The van der Waals surface area contributed by atoms with Crippen LogP contribution >= 0.6 is 0 Å². The molecule has 0 spiro atoms. The van der Waals surface area contributed by atoms with Gasteiger partial charge in [0.25, 0.3) is 0 Å². The van der Waals surface area contributed by atoms with Crippen molar-refractivity contribution in [1.82, 2.24) is 14.7 Å². The molecule has 0 saturated heterocycles. The Morgan fingerprint density at radius 2 is 2.20 bits per heavy atom. The molecule has 3 rings (SSSR count). The van der Waals surface area contributed by atoms with Gasteiger partial charge in [0.05, 0.1) is 5.69 Å². The molecule has 0 radical (unpaired) electrons. The summed E-state index contributed by atoms with van der Waals surface area (Å²) in [6.07, 6.45) is 2.76. The standard InChI is InChI=1S/C15H17N3O2/c1-17-8-7-12(16-17)10-18-9-6-11-4-2-3-5-13(11)14(18)15(19)20/h2-5,7-8,14H,6,9-10H2,1H3,(H,19,20). The molecule has 1 aliphatic heterocycles. The Morgan fingerprint density at radius 3 is 2.90 bits per heavy atom. The van der Waals surface area contributed by atoms with E-state index in [-0.39, 0.29) is 0 Å². The molecule has 0 fully saturated rings. The van der Waals surface area contributed by atoms with Crippen molar-refractivity contribution in [3.63, 3.8) is 0 Å². The normalized spacial score (nSPS) is 18.8. The molecule has 2 aromatic rings. The van der Waals surface area contributed by atoms with Gasteiger partial charge in [-0.05, 0) is 23.6 Å². The lowest BCUT2D eigenvalue weighted by atomic mass is 9.92. The minimum absolute atomic E-state index is 0.562. The average molecular weight is 271 g/mol. The molecule has 0 saturated carbocycles. The van der Waals surface area contributed by atoms with Crippen LogP contribution in [0, 0.1) is 0 Å². The highest BCUT2D eigenvalue weighted by Crippen LogP contribution is 2.30. The maximum atomic E-state index is 11.7. The molecule has 1 atom stereocenters. The fourth-order valence-electron chi connectivity index (χ4n) is 2.83. The quantitative estimate of drug-likeness (QED) is 0.921. The van der Waals surface area contributed by atoms with E-state index in [9.17, 15) is 9.90 Å². The van der Waals surface area contributed by atoms with Gasteiger partial charge < -0.3 is 5.11 Å². The highest BCUT2D eigenvalue weighted by Gasteiger charge is 2.32. The lowest BCUT2D eigenvalue weighted by Crippen LogP contribution is -2.39. The third-order valence-corrected chi connectivity index (χ3v) is 3.75. The maximum Gasteiger partial charge on any atom is 0.325 e. The van der Waals surface area contributed by atoms with Crippen molar-refractivity contribution in [2.75, 3.05) is 6.54 Å². The largest absolute Gasteiger partial charge is 0.480 e. The number of fused-ring (bicyclic) bond motifs is 1. The van der Waals surface area contributed by atoms with Gasteiger partial charge >= 0.3 is 5.97 Å². The van der Waals surface area contributed by atoms with Crippen molar-refractivity contribution in [3.05, 3.63) is 53.3 Å². The SMILES string of the molecule is Cn1ccc(CN2CCc3ccccc3C2C(=O)O)n1. The molecule has 104 valence electrons. The van der Waals surface area contributed by atoms with Crippen LogP contribution in [0.15, 0.2) is 36.5 Å². The Kier molecular flexibility index (Phi) is 3.28. The summed E-state index contributed by atoms with van der Waals surface area (Å²) in [5.74, 6) is -0.798. The number of aromatic nitrogens is 2. The fraction of sp³-hybridized carbons (Fsp3) is 0.333. The van der Waals surface area contributed by atoms with Crippen LogP contribution in [0.4, 0.5) is 0 Å². The van der Waals surface area contributed by atoms with Gasteiger partial charge in [-0.15, -0.1) is 0 Å². The van der Waals surface area contributed by atoms with Gasteiger partial charge in [0.1, 0.15) is 6.04 Å². The summed E-state index contributed by atoms with van der Waals surface area (Å²) in [6.45, 7) is 1.30. The van der Waals surface area contributed by atoms with Gasteiger partial charge in [0.15, 0.2) is 0 Å². The van der Waals surface area contributed by atoms with Crippen LogP contribution < -0.4 is 0 Å². The zero-order valence-corrected chi connectivity index (χ0v) is 11.4. The minimum Gasteiger partial charge on any atom is -0.480 e. The van der Waals surface area contributed by atoms with Crippen LogP contribution in [0.1, 0.15) is 22.9 Å². The van der Waals surface area contributed by atoms with Gasteiger partial charge in [-0.3, -0.25) is 14.4 Å². The molecule has 0 aliphatic carbocycles. The zero-order chi connectivity index (χ0) is 14.1. The Hall–Kier alpha value is -2.14. The number of aryl methyl sites for hydroxylation is 1. The van der Waals surface area contributed by atoms with Crippen LogP contribution in [0.2, 0.25) is 0 Å². The molecule has 1 N–H and O–H groups in total. The Labute approximate surface area is 117 Å². The van der Waals surface area contributed by atoms with E-state index in [4.69, 9.17) is 0 Å². The Bertz CT molecular complexity index is 636. The number of rotatable bonds is 3. The van der Waals surface area contributed by atoms with E-state index in [2.05, 4.69) is 5.10 Å². The smallest absolute Gasteiger partial charge is 0.325 e. The van der Waals surface area contributed by atoms with Gasteiger partial charge in [0.2, 0.25) is 0 Å². The van der Waals surface area contributed by atoms with Crippen LogP contribution in [0.3, 0.4) is 0 Å². The molecule has 20 heavy (non-hydrogen) atoms. The minimum atomic E-state index is -0.798. The molecule has 1 unspecified atom stereocenters. The highest BCUT2D eigenvalue weighted by atomic mass is 16.4. The van der Waals surface area contributed by atoms with E-state index in [1.54, 1.807) is 4.68 Å². The third-order valence-electron chi connectivity index (χ3n) is 3.75. The number of carboxylic acid groups (broad SMARTS) is 1. The number of carboxylic acids is 1. The van der Waals surface area contributed by atoms with Crippen molar-refractivity contribution in [2.24, 2.45) is 7.05 Å². The van der Waals surface area contributed by atoms with E-state index in [1.807, 2.05) is 48.5 Å². The van der Waals surface area contributed by atoms with Crippen molar-refractivity contribution < 1.29 is 9.90 Å².